The van der Waals surface area contributed by atoms with Gasteiger partial charge in [-0.25, -0.2) is 0 Å². The standard InChI is InChI=1S/C13H20N4O3/c1-15(9-11(18)17-6-4-5-7-17)13(19)10-8-16(2)14-12(10)20-3/h8H,4-7,9H2,1-3H3. The van der Waals surface area contributed by atoms with Gasteiger partial charge in [-0.2, -0.15) is 0 Å². The SMILES string of the molecule is COc1nn(C)cc1C(=O)N(C)CC(=O)N1CCCC1. The van der Waals surface area contributed by atoms with Gasteiger partial charge >= 0.3 is 0 Å². The van der Waals surface area contributed by atoms with Crippen LogP contribution in [0.3, 0.4) is 0 Å². The number of likely N-dealkylation sites (N-methyl/N-ethyl adjacent to an activating group) is 1. The van der Waals surface area contributed by atoms with Gasteiger partial charge in [-0.15, -0.1) is 5.10 Å². The van der Waals surface area contributed by atoms with E-state index in [4.69, 9.17) is 4.74 Å². The van der Waals surface area contributed by atoms with Crippen LogP contribution in [0.2, 0.25) is 0 Å². The number of carbonyl (C=O) groups is 2. The number of aryl methyl sites for hydroxylation is 1. The average molecular weight is 280 g/mol. The zero-order valence-corrected chi connectivity index (χ0v) is 12.1. The van der Waals surface area contributed by atoms with E-state index < -0.39 is 0 Å². The molecule has 1 aromatic heterocycles. The molecule has 0 bridgehead atoms. The molecule has 0 aliphatic carbocycles. The first-order valence-electron chi connectivity index (χ1n) is 6.63. The second kappa shape index (κ2) is 5.94. The van der Waals surface area contributed by atoms with Crippen molar-refractivity contribution in [3.63, 3.8) is 0 Å². The number of hydrogen-bond donors (Lipinski definition) is 0. The molecule has 1 aliphatic heterocycles. The Labute approximate surface area is 118 Å². The van der Waals surface area contributed by atoms with Crippen LogP contribution >= 0.6 is 0 Å². The van der Waals surface area contributed by atoms with Crippen LogP contribution in [0.1, 0.15) is 23.2 Å². The Bertz CT molecular complexity index is 506. The van der Waals surface area contributed by atoms with Crippen LogP contribution in [0.25, 0.3) is 0 Å². The van der Waals surface area contributed by atoms with Crippen molar-refractivity contribution < 1.29 is 14.3 Å². The van der Waals surface area contributed by atoms with Gasteiger partial charge in [0.1, 0.15) is 5.56 Å². The van der Waals surface area contributed by atoms with Gasteiger partial charge in [0.15, 0.2) is 0 Å². The number of ether oxygens (including phenoxy) is 1. The minimum Gasteiger partial charge on any atom is -0.479 e. The number of methoxy groups -OCH3 is 1. The van der Waals surface area contributed by atoms with Crippen molar-refractivity contribution in [2.24, 2.45) is 7.05 Å². The fraction of sp³-hybridized carbons (Fsp3) is 0.615. The van der Waals surface area contributed by atoms with E-state index in [0.717, 1.165) is 25.9 Å². The van der Waals surface area contributed by atoms with E-state index in [1.807, 2.05) is 0 Å². The highest BCUT2D eigenvalue weighted by atomic mass is 16.5. The molecule has 2 rings (SSSR count). The summed E-state index contributed by atoms with van der Waals surface area (Å²) in [6, 6.07) is 0. The fourth-order valence-electron chi connectivity index (χ4n) is 2.31. The summed E-state index contributed by atoms with van der Waals surface area (Å²) in [5.74, 6) is 0.00155. The van der Waals surface area contributed by atoms with Crippen molar-refractivity contribution in [3.8, 4) is 5.88 Å². The quantitative estimate of drug-likeness (QED) is 0.786. The molecule has 0 saturated carbocycles. The Morgan fingerprint density at radius 1 is 1.40 bits per heavy atom. The van der Waals surface area contributed by atoms with Gasteiger partial charge in [0.05, 0.1) is 13.7 Å². The summed E-state index contributed by atoms with van der Waals surface area (Å²) in [6.45, 7) is 1.66. The van der Waals surface area contributed by atoms with Gasteiger partial charge < -0.3 is 14.5 Å². The summed E-state index contributed by atoms with van der Waals surface area (Å²) in [5, 5.41) is 4.04. The van der Waals surface area contributed by atoms with E-state index in [2.05, 4.69) is 5.10 Å². The Morgan fingerprint density at radius 3 is 2.65 bits per heavy atom. The lowest BCUT2D eigenvalue weighted by molar-refractivity contribution is -0.130. The predicted molar refractivity (Wildman–Crippen MR) is 72.5 cm³/mol. The zero-order valence-electron chi connectivity index (χ0n) is 12.1. The molecular weight excluding hydrogens is 260 g/mol. The van der Waals surface area contributed by atoms with Gasteiger partial charge in [0, 0.05) is 33.4 Å². The molecule has 0 radical (unpaired) electrons. The van der Waals surface area contributed by atoms with Gasteiger partial charge in [0.2, 0.25) is 11.8 Å². The Morgan fingerprint density at radius 2 is 2.05 bits per heavy atom. The maximum absolute atomic E-state index is 12.3. The van der Waals surface area contributed by atoms with Crippen molar-refractivity contribution in [1.29, 1.82) is 0 Å². The van der Waals surface area contributed by atoms with Crippen LogP contribution in [-0.2, 0) is 11.8 Å². The molecule has 0 atom stereocenters. The largest absolute Gasteiger partial charge is 0.479 e. The normalized spacial score (nSPS) is 14.4. The van der Waals surface area contributed by atoms with E-state index in [1.54, 1.807) is 25.2 Å². The highest BCUT2D eigenvalue weighted by Crippen LogP contribution is 2.17. The van der Waals surface area contributed by atoms with Crippen LogP contribution in [0.5, 0.6) is 5.88 Å². The average Bonchev–Trinajstić information content (AvgIpc) is 3.06. The lowest BCUT2D eigenvalue weighted by Crippen LogP contribution is -2.39. The first-order chi connectivity index (χ1) is 9.52. The molecule has 2 amide bonds. The zero-order chi connectivity index (χ0) is 14.7. The van der Waals surface area contributed by atoms with Crippen LogP contribution < -0.4 is 4.74 Å². The van der Waals surface area contributed by atoms with Crippen LogP contribution in [0.15, 0.2) is 6.20 Å². The number of likely N-dealkylation sites (tertiary alicyclic amines) is 1. The summed E-state index contributed by atoms with van der Waals surface area (Å²) in [4.78, 5) is 27.5. The molecule has 1 aliphatic rings. The maximum Gasteiger partial charge on any atom is 0.261 e. The number of carbonyl (C=O) groups excluding carboxylic acids is 2. The minimum absolute atomic E-state index is 0.0128. The summed E-state index contributed by atoms with van der Waals surface area (Å²) in [5.41, 5.74) is 0.367. The van der Waals surface area contributed by atoms with Gasteiger partial charge in [-0.1, -0.05) is 0 Å². The van der Waals surface area contributed by atoms with Gasteiger partial charge in [0.25, 0.3) is 5.91 Å². The van der Waals surface area contributed by atoms with E-state index in [0.29, 0.717) is 5.56 Å². The monoisotopic (exact) mass is 280 g/mol. The predicted octanol–water partition coefficient (Wildman–Crippen LogP) is 0.123. The van der Waals surface area contributed by atoms with Crippen LogP contribution in [0, 0.1) is 0 Å². The van der Waals surface area contributed by atoms with Crippen molar-refractivity contribution in [2.75, 3.05) is 33.8 Å². The lowest BCUT2D eigenvalue weighted by atomic mass is 10.3. The van der Waals surface area contributed by atoms with E-state index in [-0.39, 0.29) is 24.2 Å². The number of rotatable bonds is 4. The van der Waals surface area contributed by atoms with Gasteiger partial charge in [-0.3, -0.25) is 14.3 Å². The van der Waals surface area contributed by atoms with Crippen LogP contribution in [-0.4, -0.2) is 65.2 Å². The molecule has 20 heavy (non-hydrogen) atoms. The van der Waals surface area contributed by atoms with E-state index in [9.17, 15) is 9.59 Å². The Hall–Kier alpha value is -2.05. The van der Waals surface area contributed by atoms with Gasteiger partial charge in [-0.05, 0) is 12.8 Å². The third-order valence-electron chi connectivity index (χ3n) is 3.40. The molecule has 110 valence electrons. The molecule has 1 fully saturated rings. The number of amides is 2. The molecule has 7 nitrogen and oxygen atoms in total. The number of hydrogen-bond acceptors (Lipinski definition) is 4. The molecule has 7 heteroatoms. The minimum atomic E-state index is -0.262. The van der Waals surface area contributed by atoms with Crippen molar-refractivity contribution in [1.82, 2.24) is 19.6 Å². The molecular formula is C13H20N4O3. The number of aromatic nitrogens is 2. The van der Waals surface area contributed by atoms with Crippen molar-refractivity contribution in [3.05, 3.63) is 11.8 Å². The molecule has 0 spiro atoms. The third kappa shape index (κ3) is 2.92. The van der Waals surface area contributed by atoms with Crippen molar-refractivity contribution >= 4 is 11.8 Å². The molecule has 2 heterocycles. The first kappa shape index (κ1) is 14.4. The molecule has 1 aromatic rings. The summed E-state index contributed by atoms with van der Waals surface area (Å²) in [7, 11) is 4.80. The van der Waals surface area contributed by atoms with E-state index >= 15 is 0 Å². The second-order valence-corrected chi connectivity index (χ2v) is 4.97. The Balaban J connectivity index is 2.02. The maximum atomic E-state index is 12.3. The lowest BCUT2D eigenvalue weighted by Gasteiger charge is -2.21. The Kier molecular flexibility index (Phi) is 4.26. The van der Waals surface area contributed by atoms with E-state index in [1.165, 1.54) is 16.7 Å². The summed E-state index contributed by atoms with van der Waals surface area (Å²) in [6.07, 6.45) is 3.68. The number of nitrogens with zero attached hydrogens (tertiary/aromatic N) is 4. The van der Waals surface area contributed by atoms with Crippen molar-refractivity contribution in [2.45, 2.75) is 12.8 Å². The topological polar surface area (TPSA) is 67.7 Å². The highest BCUT2D eigenvalue weighted by molar-refractivity contribution is 5.98. The molecule has 0 unspecified atom stereocenters. The molecule has 0 aromatic carbocycles. The molecule has 0 N–H and O–H groups in total. The highest BCUT2D eigenvalue weighted by Gasteiger charge is 2.24. The summed E-state index contributed by atoms with van der Waals surface area (Å²) < 4.78 is 6.58. The summed E-state index contributed by atoms with van der Waals surface area (Å²) >= 11 is 0. The smallest absolute Gasteiger partial charge is 0.261 e. The molecule has 1 saturated heterocycles. The first-order valence-corrected chi connectivity index (χ1v) is 6.63. The fourth-order valence-corrected chi connectivity index (χ4v) is 2.31. The third-order valence-corrected chi connectivity index (χ3v) is 3.40. The van der Waals surface area contributed by atoms with Crippen LogP contribution in [0.4, 0.5) is 0 Å². The second-order valence-electron chi connectivity index (χ2n) is 4.97.